The highest BCUT2D eigenvalue weighted by molar-refractivity contribution is 5.83. The van der Waals surface area contributed by atoms with E-state index in [-0.39, 0.29) is 0 Å². The summed E-state index contributed by atoms with van der Waals surface area (Å²) >= 11 is 0. The van der Waals surface area contributed by atoms with Crippen LogP contribution in [0.1, 0.15) is 39.2 Å². The van der Waals surface area contributed by atoms with Gasteiger partial charge >= 0.3 is 0 Å². The summed E-state index contributed by atoms with van der Waals surface area (Å²) in [5.41, 5.74) is 2.21. The number of hydrogen-bond acceptors (Lipinski definition) is 5. The van der Waals surface area contributed by atoms with Gasteiger partial charge in [-0.05, 0) is 43.5 Å². The van der Waals surface area contributed by atoms with Crippen molar-refractivity contribution < 1.29 is 19.8 Å². The first-order valence-corrected chi connectivity index (χ1v) is 9.88. The molecule has 2 aliphatic heterocycles. The molecule has 0 spiro atoms. The smallest absolute Gasteiger partial charge is 0.300 e. The number of nitrogens with zero attached hydrogens (tertiary/aromatic N) is 3. The lowest BCUT2D eigenvalue weighted by Crippen LogP contribution is -2.25. The van der Waals surface area contributed by atoms with Gasteiger partial charge in [0, 0.05) is 55.5 Å². The van der Waals surface area contributed by atoms with Crippen LogP contribution in [0.2, 0.25) is 0 Å². The second-order valence-electron chi connectivity index (χ2n) is 7.46. The predicted octanol–water partition coefficient (Wildman–Crippen LogP) is 3.35. The molecule has 0 aliphatic carbocycles. The summed E-state index contributed by atoms with van der Waals surface area (Å²) in [5.74, 6) is -0.592. The minimum Gasteiger partial charge on any atom is -0.481 e. The SMILES string of the molecule is CC(=O)O.CC(=O)O.c1cnc2ccc(-c3nccn3[C@H]3C[C@H]4CC[C@@H]3N4)cc2c1. The number of benzene rings is 1. The van der Waals surface area contributed by atoms with Crippen molar-refractivity contribution in [1.82, 2.24) is 19.9 Å². The third kappa shape index (κ3) is 5.21. The molecular formula is C22H26N4O4. The minimum atomic E-state index is -0.833. The van der Waals surface area contributed by atoms with E-state index in [1.54, 1.807) is 0 Å². The molecule has 158 valence electrons. The van der Waals surface area contributed by atoms with Crippen molar-refractivity contribution in [3.05, 3.63) is 48.9 Å². The summed E-state index contributed by atoms with van der Waals surface area (Å²) in [4.78, 5) is 27.0. The van der Waals surface area contributed by atoms with Crippen molar-refractivity contribution in [3.8, 4) is 11.4 Å². The molecule has 4 heterocycles. The van der Waals surface area contributed by atoms with Crippen molar-refractivity contribution >= 4 is 22.8 Å². The Morgan fingerprint density at radius 1 is 1.07 bits per heavy atom. The number of aromatic nitrogens is 3. The fourth-order valence-electron chi connectivity index (χ4n) is 4.12. The molecule has 2 fully saturated rings. The third-order valence-corrected chi connectivity index (χ3v) is 5.15. The Hall–Kier alpha value is -3.26. The van der Waals surface area contributed by atoms with Gasteiger partial charge in [-0.3, -0.25) is 14.6 Å². The first-order chi connectivity index (χ1) is 14.3. The van der Waals surface area contributed by atoms with Gasteiger partial charge in [0.1, 0.15) is 5.82 Å². The molecule has 8 heteroatoms. The number of rotatable bonds is 2. The normalized spacial score (nSPS) is 21.3. The van der Waals surface area contributed by atoms with E-state index in [4.69, 9.17) is 19.8 Å². The maximum Gasteiger partial charge on any atom is 0.300 e. The van der Waals surface area contributed by atoms with Crippen LogP contribution in [0.15, 0.2) is 48.9 Å². The van der Waals surface area contributed by atoms with E-state index >= 15 is 0 Å². The Morgan fingerprint density at radius 2 is 1.80 bits per heavy atom. The zero-order valence-electron chi connectivity index (χ0n) is 17.0. The fraction of sp³-hybridized carbons (Fsp3) is 0.364. The third-order valence-electron chi connectivity index (χ3n) is 5.15. The van der Waals surface area contributed by atoms with E-state index in [9.17, 15) is 0 Å². The lowest BCUT2D eigenvalue weighted by molar-refractivity contribution is -0.135. The molecular weight excluding hydrogens is 384 g/mol. The highest BCUT2D eigenvalue weighted by Crippen LogP contribution is 2.38. The molecule has 8 nitrogen and oxygen atoms in total. The summed E-state index contributed by atoms with van der Waals surface area (Å²) in [7, 11) is 0. The Morgan fingerprint density at radius 3 is 2.43 bits per heavy atom. The quantitative estimate of drug-likeness (QED) is 0.593. The predicted molar refractivity (Wildman–Crippen MR) is 113 cm³/mol. The minimum absolute atomic E-state index is 0.542. The molecule has 2 aliphatic rings. The van der Waals surface area contributed by atoms with Crippen molar-refractivity contribution in [1.29, 1.82) is 0 Å². The van der Waals surface area contributed by atoms with Crippen LogP contribution in [-0.4, -0.2) is 48.8 Å². The molecule has 1 aromatic carbocycles. The van der Waals surface area contributed by atoms with Gasteiger partial charge in [0.25, 0.3) is 11.9 Å². The van der Waals surface area contributed by atoms with Gasteiger partial charge in [-0.2, -0.15) is 0 Å². The highest BCUT2D eigenvalue weighted by Gasteiger charge is 2.40. The maximum absolute atomic E-state index is 9.00. The number of pyridine rings is 1. The number of nitrogens with one attached hydrogen (secondary N) is 1. The van der Waals surface area contributed by atoms with Gasteiger partial charge in [0.05, 0.1) is 11.6 Å². The van der Waals surface area contributed by atoms with Crippen LogP contribution >= 0.6 is 0 Å². The first kappa shape index (κ1) is 21.4. The summed E-state index contributed by atoms with van der Waals surface area (Å²) in [6, 6.07) is 12.4. The Labute approximate surface area is 174 Å². The maximum atomic E-state index is 9.00. The zero-order chi connectivity index (χ0) is 21.7. The van der Waals surface area contributed by atoms with Gasteiger partial charge in [0.2, 0.25) is 0 Å². The van der Waals surface area contributed by atoms with Crippen LogP contribution in [0.25, 0.3) is 22.3 Å². The van der Waals surface area contributed by atoms with Crippen LogP contribution in [0.5, 0.6) is 0 Å². The molecule has 2 bridgehead atoms. The van der Waals surface area contributed by atoms with Crippen LogP contribution in [-0.2, 0) is 9.59 Å². The Bertz CT molecular complexity index is 1010. The standard InChI is InChI=1S/C18H18N4.2C2H4O2/c1-2-12-10-13(3-5-15(12)19-7-1)18-20-8-9-22(18)17-11-14-4-6-16(17)21-14;2*1-2(3)4/h1-3,5,7-10,14,16-17,21H,4,6,11H2;2*1H3,(H,3,4)/t14-,16+,17+;;/m1../s1. The van der Waals surface area contributed by atoms with Gasteiger partial charge in [-0.15, -0.1) is 0 Å². The second kappa shape index (κ2) is 9.49. The number of aliphatic carboxylic acids is 2. The van der Waals surface area contributed by atoms with Crippen LogP contribution in [0, 0.1) is 0 Å². The van der Waals surface area contributed by atoms with Crippen molar-refractivity contribution in [2.75, 3.05) is 0 Å². The van der Waals surface area contributed by atoms with E-state index in [0.717, 1.165) is 25.2 Å². The van der Waals surface area contributed by atoms with Gasteiger partial charge in [0.15, 0.2) is 0 Å². The monoisotopic (exact) mass is 410 g/mol. The summed E-state index contributed by atoms with van der Waals surface area (Å²) < 4.78 is 2.37. The topological polar surface area (TPSA) is 117 Å². The number of carboxylic acid groups (broad SMARTS) is 2. The van der Waals surface area contributed by atoms with E-state index in [0.29, 0.717) is 18.1 Å². The van der Waals surface area contributed by atoms with Gasteiger partial charge in [-0.25, -0.2) is 4.98 Å². The molecule has 30 heavy (non-hydrogen) atoms. The Kier molecular flexibility index (Phi) is 6.79. The summed E-state index contributed by atoms with van der Waals surface area (Å²) in [6.07, 6.45) is 9.74. The van der Waals surface area contributed by atoms with E-state index in [1.807, 2.05) is 18.5 Å². The summed E-state index contributed by atoms with van der Waals surface area (Å²) in [6.45, 7) is 2.17. The molecule has 2 aromatic heterocycles. The van der Waals surface area contributed by atoms with Crippen LogP contribution in [0.4, 0.5) is 0 Å². The number of imidazole rings is 1. The number of carboxylic acids is 2. The van der Waals surface area contributed by atoms with Crippen LogP contribution in [0.3, 0.4) is 0 Å². The zero-order valence-corrected chi connectivity index (χ0v) is 17.0. The largest absolute Gasteiger partial charge is 0.481 e. The number of carbonyl (C=O) groups is 2. The Balaban J connectivity index is 0.000000278. The number of fused-ring (bicyclic) bond motifs is 3. The summed E-state index contributed by atoms with van der Waals surface area (Å²) in [5, 5.41) is 19.7. The molecule has 3 aromatic rings. The van der Waals surface area contributed by atoms with E-state index in [2.05, 4.69) is 50.3 Å². The molecule has 0 radical (unpaired) electrons. The van der Waals surface area contributed by atoms with Gasteiger partial charge in [-0.1, -0.05) is 6.07 Å². The van der Waals surface area contributed by atoms with Crippen molar-refractivity contribution in [2.45, 2.75) is 51.2 Å². The second-order valence-corrected chi connectivity index (χ2v) is 7.46. The van der Waals surface area contributed by atoms with Crippen LogP contribution < -0.4 is 5.32 Å². The average Bonchev–Trinajstić information content (AvgIpc) is 3.43. The lowest BCUT2D eigenvalue weighted by Gasteiger charge is -2.23. The van der Waals surface area contributed by atoms with E-state index in [1.165, 1.54) is 30.2 Å². The fourth-order valence-corrected chi connectivity index (χ4v) is 4.12. The molecule has 0 unspecified atom stereocenters. The number of hydrogen-bond donors (Lipinski definition) is 3. The van der Waals surface area contributed by atoms with E-state index < -0.39 is 11.9 Å². The highest BCUT2D eigenvalue weighted by atomic mass is 16.4. The average molecular weight is 410 g/mol. The van der Waals surface area contributed by atoms with Gasteiger partial charge < -0.3 is 20.1 Å². The molecule has 0 saturated carbocycles. The van der Waals surface area contributed by atoms with Crippen molar-refractivity contribution in [3.63, 3.8) is 0 Å². The molecule has 0 amide bonds. The molecule has 3 N–H and O–H groups in total. The lowest BCUT2D eigenvalue weighted by atomic mass is 9.95. The van der Waals surface area contributed by atoms with Crippen molar-refractivity contribution in [2.24, 2.45) is 0 Å². The molecule has 3 atom stereocenters. The molecule has 5 rings (SSSR count). The first-order valence-electron chi connectivity index (χ1n) is 9.88. The molecule has 2 saturated heterocycles.